The summed E-state index contributed by atoms with van der Waals surface area (Å²) in [5.74, 6) is 0.739. The average molecular weight is 473 g/mol. The molecule has 0 unspecified atom stereocenters. The third-order valence-corrected chi connectivity index (χ3v) is 6.35. The molecular weight excluding hydrogens is 451 g/mol. The maximum atomic E-state index is 14.5. The minimum absolute atomic E-state index is 0.131. The zero-order valence-electron chi connectivity index (χ0n) is 18.4. The number of hydrogen-bond donors (Lipinski definition) is 1. The molecule has 0 radical (unpaired) electrons. The number of nitrogens with one attached hydrogen (secondary N) is 1. The van der Waals surface area contributed by atoms with Crippen LogP contribution in [-0.4, -0.2) is 36.0 Å². The zero-order valence-corrected chi connectivity index (χ0v) is 19.2. The standard InChI is InChI=1S/C25H21FN6OS/c1-31-21-14-8-7-13-20(21)28-22(31)15-27-23(33)16-34-25-30-29-24(18-11-5-6-12-19(18)26)32(25)17-9-3-2-4-10-17/h2-14H,15-16H2,1H3,(H,27,33). The van der Waals surface area contributed by atoms with Gasteiger partial charge >= 0.3 is 0 Å². The zero-order chi connectivity index (χ0) is 23.5. The van der Waals surface area contributed by atoms with Crippen molar-refractivity contribution in [3.63, 3.8) is 0 Å². The van der Waals surface area contributed by atoms with E-state index in [2.05, 4.69) is 20.5 Å². The lowest BCUT2D eigenvalue weighted by Gasteiger charge is -2.11. The number of benzene rings is 3. The molecule has 34 heavy (non-hydrogen) atoms. The summed E-state index contributed by atoms with van der Waals surface area (Å²) in [4.78, 5) is 17.2. The quantitative estimate of drug-likeness (QED) is 0.356. The predicted octanol–water partition coefficient (Wildman–Crippen LogP) is 4.37. The summed E-state index contributed by atoms with van der Waals surface area (Å²) in [6.45, 7) is 0.316. The SMILES string of the molecule is Cn1c(CNC(=O)CSc2nnc(-c3ccccc3F)n2-c2ccccc2)nc2ccccc21. The third kappa shape index (κ3) is 4.29. The molecule has 0 spiro atoms. The fourth-order valence-electron chi connectivity index (χ4n) is 3.70. The van der Waals surface area contributed by atoms with E-state index in [1.165, 1.54) is 17.8 Å². The van der Waals surface area contributed by atoms with Crippen molar-refractivity contribution in [2.24, 2.45) is 7.05 Å². The summed E-state index contributed by atoms with van der Waals surface area (Å²) in [5.41, 5.74) is 3.03. The van der Waals surface area contributed by atoms with Gasteiger partial charge in [0, 0.05) is 12.7 Å². The molecule has 0 atom stereocenters. The van der Waals surface area contributed by atoms with Crippen LogP contribution in [-0.2, 0) is 18.4 Å². The molecular formula is C25H21FN6OS. The number of halogens is 1. The highest BCUT2D eigenvalue weighted by Crippen LogP contribution is 2.29. The van der Waals surface area contributed by atoms with E-state index in [1.807, 2.05) is 66.2 Å². The van der Waals surface area contributed by atoms with Crippen molar-refractivity contribution in [1.29, 1.82) is 0 Å². The average Bonchev–Trinajstić information content (AvgIpc) is 3.43. The number of fused-ring (bicyclic) bond motifs is 1. The molecule has 170 valence electrons. The summed E-state index contributed by atoms with van der Waals surface area (Å²) >= 11 is 1.24. The molecule has 0 aliphatic carbocycles. The predicted molar refractivity (Wildman–Crippen MR) is 130 cm³/mol. The van der Waals surface area contributed by atoms with Gasteiger partial charge in [-0.1, -0.05) is 54.2 Å². The van der Waals surface area contributed by atoms with Gasteiger partial charge < -0.3 is 9.88 Å². The number of aromatic nitrogens is 5. The van der Waals surface area contributed by atoms with Gasteiger partial charge in [-0.2, -0.15) is 0 Å². The Labute approximate surface area is 199 Å². The number of imidazole rings is 1. The highest BCUT2D eigenvalue weighted by Gasteiger charge is 2.19. The first-order valence-electron chi connectivity index (χ1n) is 10.7. The molecule has 0 fully saturated rings. The topological polar surface area (TPSA) is 77.6 Å². The van der Waals surface area contributed by atoms with Crippen LogP contribution in [0.4, 0.5) is 4.39 Å². The first kappa shape index (κ1) is 21.8. The van der Waals surface area contributed by atoms with E-state index in [0.717, 1.165) is 22.5 Å². The second-order valence-corrected chi connectivity index (χ2v) is 8.54. The second-order valence-electron chi connectivity index (χ2n) is 7.60. The molecule has 3 aromatic carbocycles. The molecule has 5 aromatic rings. The third-order valence-electron chi connectivity index (χ3n) is 5.42. The molecule has 1 amide bonds. The van der Waals surface area contributed by atoms with Crippen LogP contribution in [0.15, 0.2) is 84.0 Å². The summed E-state index contributed by atoms with van der Waals surface area (Å²) < 4.78 is 18.2. The monoisotopic (exact) mass is 472 g/mol. The Morgan fingerprint density at radius 1 is 0.971 bits per heavy atom. The number of thioether (sulfide) groups is 1. The van der Waals surface area contributed by atoms with Crippen molar-refractivity contribution in [2.75, 3.05) is 5.75 Å². The highest BCUT2D eigenvalue weighted by molar-refractivity contribution is 7.99. The van der Waals surface area contributed by atoms with Gasteiger partial charge in [-0.15, -0.1) is 10.2 Å². The molecule has 0 saturated carbocycles. The van der Waals surface area contributed by atoms with Crippen molar-refractivity contribution in [1.82, 2.24) is 29.6 Å². The van der Waals surface area contributed by atoms with E-state index in [-0.39, 0.29) is 17.5 Å². The fraction of sp³-hybridized carbons (Fsp3) is 0.120. The highest BCUT2D eigenvalue weighted by atomic mass is 32.2. The lowest BCUT2D eigenvalue weighted by molar-refractivity contribution is -0.118. The molecule has 1 N–H and O–H groups in total. The summed E-state index contributed by atoms with van der Waals surface area (Å²) in [7, 11) is 1.93. The van der Waals surface area contributed by atoms with E-state index < -0.39 is 0 Å². The Bertz CT molecular complexity index is 1460. The second kappa shape index (κ2) is 9.48. The molecule has 9 heteroatoms. The van der Waals surface area contributed by atoms with Crippen LogP contribution in [0, 0.1) is 5.82 Å². The van der Waals surface area contributed by atoms with Gasteiger partial charge in [0.2, 0.25) is 5.91 Å². The first-order chi connectivity index (χ1) is 16.6. The van der Waals surface area contributed by atoms with Crippen molar-refractivity contribution < 1.29 is 9.18 Å². The number of carbonyl (C=O) groups is 1. The maximum absolute atomic E-state index is 14.5. The summed E-state index contributed by atoms with van der Waals surface area (Å²) in [5, 5.41) is 11.9. The van der Waals surface area contributed by atoms with Crippen molar-refractivity contribution >= 4 is 28.7 Å². The molecule has 0 aliphatic heterocycles. The van der Waals surface area contributed by atoms with Gasteiger partial charge in [-0.25, -0.2) is 9.37 Å². The van der Waals surface area contributed by atoms with Gasteiger partial charge in [-0.3, -0.25) is 9.36 Å². The smallest absolute Gasteiger partial charge is 0.230 e. The lowest BCUT2D eigenvalue weighted by atomic mass is 10.2. The fourth-order valence-corrected chi connectivity index (χ4v) is 4.48. The van der Waals surface area contributed by atoms with Crippen LogP contribution in [0.2, 0.25) is 0 Å². The van der Waals surface area contributed by atoms with Gasteiger partial charge in [0.15, 0.2) is 11.0 Å². The minimum atomic E-state index is -0.385. The molecule has 0 saturated heterocycles. The molecule has 5 rings (SSSR count). The largest absolute Gasteiger partial charge is 0.348 e. The van der Waals surface area contributed by atoms with Crippen LogP contribution < -0.4 is 5.32 Å². The van der Waals surface area contributed by atoms with Gasteiger partial charge in [0.05, 0.1) is 28.9 Å². The van der Waals surface area contributed by atoms with E-state index in [9.17, 15) is 9.18 Å². The van der Waals surface area contributed by atoms with Crippen molar-refractivity contribution in [3.8, 4) is 17.1 Å². The normalized spacial score (nSPS) is 11.1. The molecule has 7 nitrogen and oxygen atoms in total. The van der Waals surface area contributed by atoms with Gasteiger partial charge in [-0.05, 0) is 36.4 Å². The van der Waals surface area contributed by atoms with Crippen LogP contribution in [0.3, 0.4) is 0 Å². The van der Waals surface area contributed by atoms with E-state index in [4.69, 9.17) is 0 Å². The first-order valence-corrected chi connectivity index (χ1v) is 11.7. The van der Waals surface area contributed by atoms with Crippen LogP contribution in [0.1, 0.15) is 5.82 Å². The maximum Gasteiger partial charge on any atom is 0.230 e. The van der Waals surface area contributed by atoms with Gasteiger partial charge in [0.1, 0.15) is 11.6 Å². The number of carbonyl (C=O) groups excluding carboxylic acids is 1. The molecule has 2 aromatic heterocycles. The van der Waals surface area contributed by atoms with Crippen LogP contribution in [0.25, 0.3) is 28.1 Å². The molecule has 2 heterocycles. The Morgan fingerprint density at radius 2 is 1.71 bits per heavy atom. The number of nitrogens with zero attached hydrogens (tertiary/aromatic N) is 5. The lowest BCUT2D eigenvalue weighted by Crippen LogP contribution is -2.26. The minimum Gasteiger partial charge on any atom is -0.348 e. The Kier molecular flexibility index (Phi) is 6.09. The van der Waals surface area contributed by atoms with E-state index >= 15 is 0 Å². The van der Waals surface area contributed by atoms with E-state index in [1.54, 1.807) is 22.8 Å². The Balaban J connectivity index is 1.33. The number of hydrogen-bond acceptors (Lipinski definition) is 5. The number of aryl methyl sites for hydroxylation is 1. The number of rotatable bonds is 7. The van der Waals surface area contributed by atoms with Crippen LogP contribution >= 0.6 is 11.8 Å². The number of para-hydroxylation sites is 3. The molecule has 0 aliphatic rings. The Hall–Kier alpha value is -3.98. The molecule has 0 bridgehead atoms. The summed E-state index contributed by atoms with van der Waals surface area (Å²) in [6.07, 6.45) is 0. The summed E-state index contributed by atoms with van der Waals surface area (Å²) in [6, 6.07) is 23.7. The number of amides is 1. The van der Waals surface area contributed by atoms with Crippen molar-refractivity contribution in [2.45, 2.75) is 11.7 Å². The van der Waals surface area contributed by atoms with E-state index in [0.29, 0.717) is 23.1 Å². The van der Waals surface area contributed by atoms with Gasteiger partial charge in [0.25, 0.3) is 0 Å². The Morgan fingerprint density at radius 3 is 2.50 bits per heavy atom. The van der Waals surface area contributed by atoms with Crippen molar-refractivity contribution in [3.05, 3.63) is 90.5 Å². The van der Waals surface area contributed by atoms with Crippen LogP contribution in [0.5, 0.6) is 0 Å².